The monoisotopic (exact) mass is 650 g/mol. The van der Waals surface area contributed by atoms with E-state index in [0.717, 1.165) is 44.3 Å². The van der Waals surface area contributed by atoms with Crippen molar-refractivity contribution in [2.45, 2.75) is 0 Å². The molecule has 3 heterocycles. The second-order valence-electron chi connectivity index (χ2n) is 13.3. The Kier molecular flexibility index (Phi) is 5.96. The summed E-state index contributed by atoms with van der Waals surface area (Å²) in [6.45, 7) is 0. The quantitative estimate of drug-likeness (QED) is 0.186. The molecule has 8 aromatic carbocycles. The minimum Gasteiger partial charge on any atom is -0.454 e. The second kappa shape index (κ2) is 10.8. The van der Waals surface area contributed by atoms with Gasteiger partial charge in [-0.3, -0.25) is 0 Å². The van der Waals surface area contributed by atoms with Gasteiger partial charge in [0.1, 0.15) is 5.58 Å². The molecule has 0 amide bonds. The van der Waals surface area contributed by atoms with Crippen molar-refractivity contribution in [1.82, 2.24) is 9.13 Å². The lowest BCUT2D eigenvalue weighted by Gasteiger charge is -2.17. The van der Waals surface area contributed by atoms with Crippen molar-refractivity contribution in [3.63, 3.8) is 0 Å². The van der Waals surface area contributed by atoms with E-state index in [1.165, 1.54) is 54.8 Å². The minimum absolute atomic E-state index is 0.888. The summed E-state index contributed by atoms with van der Waals surface area (Å²) in [7, 11) is 0. The number of aromatic nitrogens is 2. The SMILES string of the molecule is c1ccc(-c2ccc3c4ccccc4n(-c4cccc5c4oc4ccccc45)c3c2-c2ccc3c(c2)c2ccccc2n3-c2ccccc2)cc1. The first-order valence-corrected chi connectivity index (χ1v) is 17.4. The third-order valence-corrected chi connectivity index (χ3v) is 10.5. The van der Waals surface area contributed by atoms with Crippen LogP contribution in [-0.2, 0) is 0 Å². The van der Waals surface area contributed by atoms with Gasteiger partial charge in [0, 0.05) is 43.6 Å². The summed E-state index contributed by atoms with van der Waals surface area (Å²) >= 11 is 0. The summed E-state index contributed by atoms with van der Waals surface area (Å²) in [4.78, 5) is 0. The molecule has 0 saturated heterocycles. The van der Waals surface area contributed by atoms with Crippen LogP contribution in [0.4, 0.5) is 0 Å². The molecule has 0 atom stereocenters. The topological polar surface area (TPSA) is 23.0 Å². The van der Waals surface area contributed by atoms with Gasteiger partial charge >= 0.3 is 0 Å². The predicted molar refractivity (Wildman–Crippen MR) is 213 cm³/mol. The van der Waals surface area contributed by atoms with Crippen molar-refractivity contribution >= 4 is 65.6 Å². The lowest BCUT2D eigenvalue weighted by Crippen LogP contribution is -1.98. The highest BCUT2D eigenvalue weighted by molar-refractivity contribution is 6.19. The third kappa shape index (κ3) is 4.06. The molecule has 3 aromatic heterocycles. The van der Waals surface area contributed by atoms with Crippen LogP contribution in [0.3, 0.4) is 0 Å². The van der Waals surface area contributed by atoms with E-state index < -0.39 is 0 Å². The minimum atomic E-state index is 0.888. The summed E-state index contributed by atoms with van der Waals surface area (Å²) in [5.41, 5.74) is 13.4. The molecule has 0 saturated carbocycles. The van der Waals surface area contributed by atoms with Crippen LogP contribution in [0.15, 0.2) is 186 Å². The maximum absolute atomic E-state index is 6.69. The Morgan fingerprint density at radius 3 is 1.80 bits per heavy atom. The zero-order valence-electron chi connectivity index (χ0n) is 27.6. The van der Waals surface area contributed by atoms with E-state index in [-0.39, 0.29) is 0 Å². The summed E-state index contributed by atoms with van der Waals surface area (Å²) < 4.78 is 11.5. The van der Waals surface area contributed by atoms with E-state index in [2.05, 4.69) is 185 Å². The molecule has 51 heavy (non-hydrogen) atoms. The number of rotatable bonds is 4. The zero-order chi connectivity index (χ0) is 33.5. The zero-order valence-corrected chi connectivity index (χ0v) is 27.6. The number of para-hydroxylation sites is 5. The Hall–Kier alpha value is -6.84. The third-order valence-electron chi connectivity index (χ3n) is 10.5. The van der Waals surface area contributed by atoms with Gasteiger partial charge in [-0.2, -0.15) is 0 Å². The highest BCUT2D eigenvalue weighted by Crippen LogP contribution is 2.46. The van der Waals surface area contributed by atoms with Crippen molar-refractivity contribution in [2.75, 3.05) is 0 Å². The average Bonchev–Trinajstić information content (AvgIpc) is 3.86. The number of hydrogen-bond donors (Lipinski definition) is 0. The first kappa shape index (κ1) is 28.0. The van der Waals surface area contributed by atoms with Crippen LogP contribution < -0.4 is 0 Å². The van der Waals surface area contributed by atoms with Crippen LogP contribution in [0.25, 0.3) is 99.2 Å². The molecule has 0 fully saturated rings. The van der Waals surface area contributed by atoms with E-state index in [1.54, 1.807) is 0 Å². The Labute approximate surface area is 293 Å². The van der Waals surface area contributed by atoms with Crippen LogP contribution in [0.1, 0.15) is 0 Å². The molecular weight excluding hydrogens is 621 g/mol. The smallest absolute Gasteiger partial charge is 0.159 e. The van der Waals surface area contributed by atoms with Gasteiger partial charge in [0.2, 0.25) is 0 Å². The van der Waals surface area contributed by atoms with E-state index in [9.17, 15) is 0 Å². The van der Waals surface area contributed by atoms with E-state index >= 15 is 0 Å². The molecule has 0 unspecified atom stereocenters. The van der Waals surface area contributed by atoms with Gasteiger partial charge in [-0.25, -0.2) is 0 Å². The van der Waals surface area contributed by atoms with Crippen LogP contribution in [0, 0.1) is 0 Å². The normalized spacial score (nSPS) is 11.9. The van der Waals surface area contributed by atoms with Crippen LogP contribution in [0.5, 0.6) is 0 Å². The van der Waals surface area contributed by atoms with Crippen LogP contribution in [0.2, 0.25) is 0 Å². The largest absolute Gasteiger partial charge is 0.454 e. The molecule has 11 aromatic rings. The van der Waals surface area contributed by atoms with Crippen molar-refractivity contribution in [3.05, 3.63) is 182 Å². The standard InChI is InChI=1S/C48H30N2O/c1-3-14-31(15-4-1)34-27-28-38-35-18-7-11-23-42(35)50(44-24-13-21-39-37-20-9-12-25-45(37)51-48(39)44)47(38)46(34)32-26-29-43-40(30-32)36-19-8-10-22-41(36)49(43)33-16-5-2-6-17-33/h1-30H. The molecule has 3 heteroatoms. The molecule has 0 aliphatic carbocycles. The van der Waals surface area contributed by atoms with Gasteiger partial charge in [0.05, 0.1) is 27.8 Å². The predicted octanol–water partition coefficient (Wildman–Crippen LogP) is 13.1. The van der Waals surface area contributed by atoms with Crippen molar-refractivity contribution in [1.29, 1.82) is 0 Å². The van der Waals surface area contributed by atoms with Crippen molar-refractivity contribution < 1.29 is 4.42 Å². The lowest BCUT2D eigenvalue weighted by atomic mass is 9.91. The maximum atomic E-state index is 6.69. The molecule has 0 radical (unpaired) electrons. The van der Waals surface area contributed by atoms with Gasteiger partial charge in [0.15, 0.2) is 5.58 Å². The van der Waals surface area contributed by atoms with E-state index in [0.29, 0.717) is 0 Å². The highest BCUT2D eigenvalue weighted by atomic mass is 16.3. The van der Waals surface area contributed by atoms with Crippen LogP contribution in [-0.4, -0.2) is 9.13 Å². The summed E-state index contributed by atoms with van der Waals surface area (Å²) in [5, 5.41) is 7.12. The molecule has 3 nitrogen and oxygen atoms in total. The molecule has 0 aliphatic rings. The Balaban J connectivity index is 1.30. The van der Waals surface area contributed by atoms with Crippen LogP contribution >= 0.6 is 0 Å². The van der Waals surface area contributed by atoms with Gasteiger partial charge < -0.3 is 13.6 Å². The molecule has 11 rings (SSSR count). The molecular formula is C48H30N2O. The fourth-order valence-electron chi connectivity index (χ4n) is 8.35. The van der Waals surface area contributed by atoms with Crippen molar-refractivity contribution in [3.8, 4) is 33.6 Å². The van der Waals surface area contributed by atoms with Crippen molar-refractivity contribution in [2.24, 2.45) is 0 Å². The van der Waals surface area contributed by atoms with Gasteiger partial charge in [-0.05, 0) is 65.2 Å². The molecule has 238 valence electrons. The fraction of sp³-hybridized carbons (Fsp3) is 0. The average molecular weight is 651 g/mol. The summed E-state index contributed by atoms with van der Waals surface area (Å²) in [5.74, 6) is 0. The van der Waals surface area contributed by atoms with Gasteiger partial charge in [-0.15, -0.1) is 0 Å². The van der Waals surface area contributed by atoms with Gasteiger partial charge in [-0.1, -0.05) is 133 Å². The number of fused-ring (bicyclic) bond motifs is 9. The molecule has 0 spiro atoms. The van der Waals surface area contributed by atoms with Gasteiger partial charge in [0.25, 0.3) is 0 Å². The molecule has 0 N–H and O–H groups in total. The maximum Gasteiger partial charge on any atom is 0.159 e. The first-order valence-electron chi connectivity index (χ1n) is 17.4. The number of benzene rings is 8. The first-order chi connectivity index (χ1) is 25.3. The number of nitrogens with zero attached hydrogens (tertiary/aromatic N) is 2. The summed E-state index contributed by atoms with van der Waals surface area (Å²) in [6.07, 6.45) is 0. The Morgan fingerprint density at radius 1 is 0.373 bits per heavy atom. The van der Waals surface area contributed by atoms with E-state index in [1.807, 2.05) is 6.07 Å². The lowest BCUT2D eigenvalue weighted by molar-refractivity contribution is 0.666. The summed E-state index contributed by atoms with van der Waals surface area (Å²) in [6, 6.07) is 65.5. The fourth-order valence-corrected chi connectivity index (χ4v) is 8.35. The number of furan rings is 1. The second-order valence-corrected chi connectivity index (χ2v) is 13.3. The highest BCUT2D eigenvalue weighted by Gasteiger charge is 2.23. The number of hydrogen-bond acceptors (Lipinski definition) is 1. The Bertz CT molecular complexity index is 3130. The molecule has 0 aliphatic heterocycles. The van der Waals surface area contributed by atoms with E-state index in [4.69, 9.17) is 4.42 Å². The molecule has 0 bridgehead atoms. The Morgan fingerprint density at radius 2 is 1.00 bits per heavy atom.